The predicted octanol–water partition coefficient (Wildman–Crippen LogP) is 4.44. The molecule has 144 valence electrons. The van der Waals surface area contributed by atoms with Crippen LogP contribution in [0.5, 0.6) is 0 Å². The summed E-state index contributed by atoms with van der Waals surface area (Å²) in [5.41, 5.74) is 8.51. The van der Waals surface area contributed by atoms with Crippen molar-refractivity contribution in [2.24, 2.45) is 5.10 Å². The van der Waals surface area contributed by atoms with E-state index in [4.69, 9.17) is 0 Å². The minimum absolute atomic E-state index is 0.231. The van der Waals surface area contributed by atoms with Gasteiger partial charge in [0.15, 0.2) is 0 Å². The van der Waals surface area contributed by atoms with Crippen LogP contribution in [-0.4, -0.2) is 21.9 Å². The van der Waals surface area contributed by atoms with E-state index < -0.39 is 0 Å². The molecular weight excluding hydrogens is 348 g/mol. The van der Waals surface area contributed by atoms with Crippen LogP contribution in [0.15, 0.2) is 59.7 Å². The number of carbonyl (C=O) groups excluding carboxylic acids is 1. The summed E-state index contributed by atoms with van der Waals surface area (Å²) in [5.74, 6) is 0.262. The van der Waals surface area contributed by atoms with E-state index in [2.05, 4.69) is 41.6 Å². The van der Waals surface area contributed by atoms with Crippen LogP contribution in [-0.2, 0) is 6.54 Å². The summed E-state index contributed by atoms with van der Waals surface area (Å²) >= 11 is 0. The molecule has 3 rings (SSSR count). The Bertz CT molecular complexity index is 984. The maximum Gasteiger partial charge on any atom is 0.271 e. The molecule has 0 spiro atoms. The molecule has 0 saturated carbocycles. The second-order valence-electron chi connectivity index (χ2n) is 7.31. The summed E-state index contributed by atoms with van der Waals surface area (Å²) in [4.78, 5) is 12.4. The zero-order valence-electron chi connectivity index (χ0n) is 16.8. The Labute approximate surface area is 166 Å². The normalized spacial score (nSPS) is 11.3. The van der Waals surface area contributed by atoms with Gasteiger partial charge in [0.2, 0.25) is 0 Å². The van der Waals surface area contributed by atoms with E-state index >= 15 is 0 Å². The lowest BCUT2D eigenvalue weighted by Crippen LogP contribution is -2.18. The van der Waals surface area contributed by atoms with E-state index in [1.54, 1.807) is 12.3 Å². The third-order valence-electron chi connectivity index (χ3n) is 4.61. The van der Waals surface area contributed by atoms with Crippen LogP contribution in [0.25, 0.3) is 0 Å². The number of carbonyl (C=O) groups is 1. The molecular formula is C23H26N4O. The fourth-order valence-electron chi connectivity index (χ4n) is 3.02. The monoisotopic (exact) mass is 374 g/mol. The number of nitrogens with zero attached hydrogens (tertiary/aromatic N) is 3. The molecule has 5 nitrogen and oxygen atoms in total. The van der Waals surface area contributed by atoms with Gasteiger partial charge in [-0.05, 0) is 54.7 Å². The van der Waals surface area contributed by atoms with Gasteiger partial charge in [0.25, 0.3) is 5.91 Å². The number of rotatable bonds is 6. The van der Waals surface area contributed by atoms with Gasteiger partial charge in [-0.1, -0.05) is 50.2 Å². The van der Waals surface area contributed by atoms with Crippen molar-refractivity contribution in [2.45, 2.75) is 40.2 Å². The molecule has 1 aromatic heterocycles. The van der Waals surface area contributed by atoms with Crippen LogP contribution in [0.3, 0.4) is 0 Å². The average molecular weight is 374 g/mol. The average Bonchev–Trinajstić information content (AvgIpc) is 2.99. The summed E-state index contributed by atoms with van der Waals surface area (Å²) < 4.78 is 1.94. The smallest absolute Gasteiger partial charge is 0.267 e. The van der Waals surface area contributed by atoms with Gasteiger partial charge in [0.1, 0.15) is 0 Å². The molecule has 0 radical (unpaired) electrons. The molecule has 0 fully saturated rings. The van der Waals surface area contributed by atoms with E-state index in [9.17, 15) is 4.79 Å². The molecule has 3 aromatic rings. The van der Waals surface area contributed by atoms with Crippen LogP contribution < -0.4 is 5.43 Å². The highest BCUT2D eigenvalue weighted by molar-refractivity contribution is 5.95. The van der Waals surface area contributed by atoms with Crippen molar-refractivity contribution in [2.75, 3.05) is 0 Å². The first kappa shape index (κ1) is 19.5. The molecule has 0 bridgehead atoms. The van der Waals surface area contributed by atoms with Crippen molar-refractivity contribution in [3.05, 3.63) is 88.2 Å². The highest BCUT2D eigenvalue weighted by atomic mass is 16.2. The van der Waals surface area contributed by atoms with Crippen molar-refractivity contribution in [1.82, 2.24) is 15.2 Å². The molecule has 5 heteroatoms. The molecule has 1 amide bonds. The lowest BCUT2D eigenvalue weighted by atomic mass is 10.0. The van der Waals surface area contributed by atoms with Gasteiger partial charge in [-0.2, -0.15) is 10.2 Å². The van der Waals surface area contributed by atoms with Crippen molar-refractivity contribution >= 4 is 12.1 Å². The molecule has 0 unspecified atom stereocenters. The van der Waals surface area contributed by atoms with Crippen molar-refractivity contribution in [3.8, 4) is 0 Å². The summed E-state index contributed by atoms with van der Waals surface area (Å²) in [6.45, 7) is 8.95. The maximum atomic E-state index is 12.4. The zero-order chi connectivity index (χ0) is 20.1. The topological polar surface area (TPSA) is 59.3 Å². The second-order valence-corrected chi connectivity index (χ2v) is 7.31. The van der Waals surface area contributed by atoms with Gasteiger partial charge in [-0.25, -0.2) is 5.43 Å². The minimum Gasteiger partial charge on any atom is -0.267 e. The van der Waals surface area contributed by atoms with E-state index in [1.807, 2.05) is 54.9 Å². The van der Waals surface area contributed by atoms with Crippen molar-refractivity contribution in [3.63, 3.8) is 0 Å². The van der Waals surface area contributed by atoms with Crippen LogP contribution in [0.1, 0.15) is 58.2 Å². The lowest BCUT2D eigenvalue weighted by Gasteiger charge is -2.07. The minimum atomic E-state index is -0.231. The second kappa shape index (κ2) is 8.65. The first-order chi connectivity index (χ1) is 13.4. The third-order valence-corrected chi connectivity index (χ3v) is 4.61. The number of amides is 1. The molecule has 0 aliphatic heterocycles. The number of benzene rings is 2. The predicted molar refractivity (Wildman–Crippen MR) is 113 cm³/mol. The molecule has 0 atom stereocenters. The van der Waals surface area contributed by atoms with E-state index in [0.29, 0.717) is 18.0 Å². The van der Waals surface area contributed by atoms with Crippen LogP contribution in [0, 0.1) is 13.8 Å². The largest absolute Gasteiger partial charge is 0.271 e. The lowest BCUT2D eigenvalue weighted by molar-refractivity contribution is 0.0955. The van der Waals surface area contributed by atoms with Crippen molar-refractivity contribution < 1.29 is 4.79 Å². The summed E-state index contributed by atoms with van der Waals surface area (Å²) in [6.07, 6.45) is 1.65. The van der Waals surface area contributed by atoms with Gasteiger partial charge in [-0.15, -0.1) is 0 Å². The fourth-order valence-corrected chi connectivity index (χ4v) is 3.02. The number of hydrazone groups is 1. The standard InChI is InChI=1S/C23H26N4O/c1-16(2)21-10-8-19(9-11-21)14-24-25-23(28)22-7-5-6-20(13-22)15-27-18(4)12-17(3)26-27/h5-14,16H,15H2,1-4H3,(H,25,28). The van der Waals surface area contributed by atoms with E-state index in [0.717, 1.165) is 22.5 Å². The highest BCUT2D eigenvalue weighted by Gasteiger charge is 2.07. The Morgan fingerprint density at radius 1 is 1.14 bits per heavy atom. The Morgan fingerprint density at radius 3 is 2.54 bits per heavy atom. The van der Waals surface area contributed by atoms with Crippen LogP contribution in [0.2, 0.25) is 0 Å². The van der Waals surface area contributed by atoms with Gasteiger partial charge in [0.05, 0.1) is 18.5 Å². The van der Waals surface area contributed by atoms with Gasteiger partial charge < -0.3 is 0 Å². The third kappa shape index (κ3) is 4.94. The first-order valence-electron chi connectivity index (χ1n) is 9.46. The molecule has 28 heavy (non-hydrogen) atoms. The summed E-state index contributed by atoms with van der Waals surface area (Å²) in [7, 11) is 0. The number of aromatic nitrogens is 2. The van der Waals surface area contributed by atoms with Gasteiger partial charge in [-0.3, -0.25) is 9.48 Å². The Balaban J connectivity index is 1.63. The Hall–Kier alpha value is -3.21. The van der Waals surface area contributed by atoms with E-state index in [-0.39, 0.29) is 5.91 Å². The number of hydrogen-bond donors (Lipinski definition) is 1. The fraction of sp³-hybridized carbons (Fsp3) is 0.261. The van der Waals surface area contributed by atoms with Crippen molar-refractivity contribution in [1.29, 1.82) is 0 Å². The number of nitrogens with one attached hydrogen (secondary N) is 1. The Morgan fingerprint density at radius 2 is 1.89 bits per heavy atom. The van der Waals surface area contributed by atoms with Crippen LogP contribution >= 0.6 is 0 Å². The number of aryl methyl sites for hydroxylation is 2. The molecule has 0 aliphatic rings. The van der Waals surface area contributed by atoms with Gasteiger partial charge >= 0.3 is 0 Å². The Kier molecular flexibility index (Phi) is 6.04. The zero-order valence-corrected chi connectivity index (χ0v) is 16.8. The van der Waals surface area contributed by atoms with E-state index in [1.165, 1.54) is 5.56 Å². The van der Waals surface area contributed by atoms with Gasteiger partial charge in [0, 0.05) is 11.3 Å². The maximum absolute atomic E-state index is 12.4. The summed E-state index contributed by atoms with van der Waals surface area (Å²) in [5, 5.41) is 8.55. The molecule has 1 N–H and O–H groups in total. The first-order valence-corrected chi connectivity index (χ1v) is 9.46. The highest BCUT2D eigenvalue weighted by Crippen LogP contribution is 2.14. The molecule has 0 saturated heterocycles. The van der Waals surface area contributed by atoms with Crippen LogP contribution in [0.4, 0.5) is 0 Å². The summed E-state index contributed by atoms with van der Waals surface area (Å²) in [6, 6.07) is 17.7. The molecule has 2 aromatic carbocycles. The quantitative estimate of drug-likeness (QED) is 0.512. The number of hydrogen-bond acceptors (Lipinski definition) is 3. The molecule has 1 heterocycles. The SMILES string of the molecule is Cc1cc(C)n(Cc2cccc(C(=O)NN=Cc3ccc(C(C)C)cc3)c2)n1. The molecule has 0 aliphatic carbocycles.